The van der Waals surface area contributed by atoms with Gasteiger partial charge in [-0.15, -0.1) is 0 Å². The van der Waals surface area contributed by atoms with Crippen LogP contribution in [0.15, 0.2) is 211 Å². The van der Waals surface area contributed by atoms with Crippen molar-refractivity contribution in [3.05, 3.63) is 251 Å². The number of hydrogen-bond donors (Lipinski definition) is 5. The van der Waals surface area contributed by atoms with Crippen molar-refractivity contribution in [3.8, 4) is 0 Å². The molecule has 0 saturated carbocycles. The van der Waals surface area contributed by atoms with Crippen LogP contribution in [0.25, 0.3) is 0 Å². The van der Waals surface area contributed by atoms with E-state index in [1.54, 1.807) is 24.3 Å². The molecule has 0 bridgehead atoms. The van der Waals surface area contributed by atoms with E-state index in [-0.39, 0.29) is 27.1 Å². The van der Waals surface area contributed by atoms with E-state index >= 15 is 0 Å². The van der Waals surface area contributed by atoms with Gasteiger partial charge >= 0.3 is 36.4 Å². The molecule has 0 unspecified atom stereocenters. The fourth-order valence-corrected chi connectivity index (χ4v) is 10.3. The van der Waals surface area contributed by atoms with Crippen molar-refractivity contribution in [2.45, 2.75) is 151 Å². The monoisotopic (exact) mass is 1440 g/mol. The number of carbonyl (C=O) groups is 6. The third kappa shape index (κ3) is 36.0. The minimum atomic E-state index is -0.635. The Hall–Kier alpha value is -11.6. The topological polar surface area (TPSA) is 260 Å². The molecule has 8 aromatic carbocycles. The summed E-state index contributed by atoms with van der Waals surface area (Å²) in [4.78, 5) is 89.3. The molecule has 8 rings (SSSR count). The van der Waals surface area contributed by atoms with Crippen molar-refractivity contribution >= 4 is 88.2 Å². The van der Waals surface area contributed by atoms with Crippen molar-refractivity contribution < 1.29 is 62.0 Å². The van der Waals surface area contributed by atoms with Gasteiger partial charge in [0.1, 0.15) is 13.2 Å². The Kier molecular flexibility index (Phi) is 40.7. The molecule has 0 aromatic heterocycles. The molecule has 5 N–H and O–H groups in total. The molecular formula is C86H103N7O13. The average Bonchev–Trinajstić information content (AvgIpc) is 0.880. The van der Waals surface area contributed by atoms with Gasteiger partial charge in [-0.05, 0) is 199 Å². The first-order valence-corrected chi connectivity index (χ1v) is 36.1. The van der Waals surface area contributed by atoms with Gasteiger partial charge in [0.25, 0.3) is 0 Å². The second-order valence-electron chi connectivity index (χ2n) is 24.7. The molecule has 0 aliphatic carbocycles. The van der Waals surface area contributed by atoms with Crippen LogP contribution in [0.5, 0.6) is 0 Å². The van der Waals surface area contributed by atoms with Gasteiger partial charge < -0.3 is 28.4 Å². The molecule has 0 fully saturated rings. The lowest BCUT2D eigenvalue weighted by atomic mass is 10.0. The van der Waals surface area contributed by atoms with Gasteiger partial charge in [-0.3, -0.25) is 31.4 Å². The first-order chi connectivity index (χ1) is 51.2. The molecule has 0 aliphatic heterocycles. The lowest BCUT2D eigenvalue weighted by Gasteiger charge is -2.09. The number of anilines is 5. The molecule has 0 aliphatic rings. The lowest BCUT2D eigenvalue weighted by molar-refractivity contribution is -0.143. The van der Waals surface area contributed by atoms with E-state index in [0.717, 1.165) is 158 Å². The molecule has 20 nitrogen and oxygen atoms in total. The number of esters is 1. The normalized spacial score (nSPS) is 10.2. The molecule has 560 valence electrons. The Bertz CT molecular complexity index is 3780. The molecule has 0 atom stereocenters. The average molecular weight is 1440 g/mol. The van der Waals surface area contributed by atoms with Crippen LogP contribution in [-0.4, -0.2) is 88.0 Å². The van der Waals surface area contributed by atoms with E-state index in [2.05, 4.69) is 69.8 Å². The number of amides is 5. The SMILES string of the molecule is C.C=C=Nc1ccc(Cc2ccc(CC(=O)OCCOC(=O)Nc3ccc(Cc4ccc(N=C=O)cc4)cc3)cc2)cc1.CCCCCCOC(=O)Nc1ccc(Cc2ccc(NC(=O)OCCC)cc2)cc1.CCCCCCOC(=O)Nc1ccc(Cc2ccc(NC(=O)OCCCCCC)cc2)cc1. The highest BCUT2D eigenvalue weighted by molar-refractivity contribution is 5.87. The van der Waals surface area contributed by atoms with E-state index in [1.807, 2.05) is 177 Å². The number of aliphatic imine (C=N–C) groups is 2. The van der Waals surface area contributed by atoms with Crippen LogP contribution in [0.1, 0.15) is 169 Å². The van der Waals surface area contributed by atoms with Crippen LogP contribution in [-0.2, 0) is 70.1 Å². The van der Waals surface area contributed by atoms with Crippen molar-refractivity contribution in [1.82, 2.24) is 0 Å². The van der Waals surface area contributed by atoms with Crippen LogP contribution in [0, 0.1) is 0 Å². The molecule has 0 radical (unpaired) electrons. The fraction of sp³-hybridized carbons (Fsp3) is 0.337. The summed E-state index contributed by atoms with van der Waals surface area (Å²) in [5, 5.41) is 13.6. The van der Waals surface area contributed by atoms with Gasteiger partial charge in [-0.25, -0.2) is 33.8 Å². The molecule has 0 heterocycles. The highest BCUT2D eigenvalue weighted by atomic mass is 16.6. The van der Waals surface area contributed by atoms with Gasteiger partial charge in [-0.1, -0.05) is 202 Å². The molecule has 0 saturated heterocycles. The van der Waals surface area contributed by atoms with E-state index in [4.69, 9.17) is 28.4 Å². The van der Waals surface area contributed by atoms with Crippen LogP contribution in [0.4, 0.5) is 63.8 Å². The highest BCUT2D eigenvalue weighted by Gasteiger charge is 2.12. The highest BCUT2D eigenvalue weighted by Crippen LogP contribution is 2.22. The molecular weight excluding hydrogens is 1340 g/mol. The Balaban J connectivity index is 0.000000289. The van der Waals surface area contributed by atoms with Crippen molar-refractivity contribution in [1.29, 1.82) is 0 Å². The van der Waals surface area contributed by atoms with E-state index < -0.39 is 36.4 Å². The Morgan fingerprint density at radius 2 is 0.547 bits per heavy atom. The summed E-state index contributed by atoms with van der Waals surface area (Å²) in [5.41, 5.74) is 14.5. The summed E-state index contributed by atoms with van der Waals surface area (Å²) < 4.78 is 30.9. The van der Waals surface area contributed by atoms with Crippen molar-refractivity contribution in [2.24, 2.45) is 9.98 Å². The summed E-state index contributed by atoms with van der Waals surface area (Å²) in [5.74, 6) is 2.12. The second kappa shape index (κ2) is 50.7. The fourth-order valence-electron chi connectivity index (χ4n) is 10.3. The lowest BCUT2D eigenvalue weighted by Crippen LogP contribution is -2.18. The first kappa shape index (κ1) is 85.1. The predicted molar refractivity (Wildman–Crippen MR) is 422 cm³/mol. The number of hydrogen-bond acceptors (Lipinski definition) is 15. The van der Waals surface area contributed by atoms with Gasteiger partial charge in [-0.2, -0.15) is 4.99 Å². The second-order valence-corrected chi connectivity index (χ2v) is 24.7. The van der Waals surface area contributed by atoms with Crippen LogP contribution >= 0.6 is 0 Å². The number of ether oxygens (including phenoxy) is 6. The van der Waals surface area contributed by atoms with E-state index in [9.17, 15) is 33.6 Å². The zero-order chi connectivity index (χ0) is 74.9. The molecule has 0 spiro atoms. The third-order valence-electron chi connectivity index (χ3n) is 16.0. The number of nitrogens with one attached hydrogen (secondary N) is 5. The number of unbranched alkanes of at least 4 members (excludes halogenated alkanes) is 9. The maximum atomic E-state index is 12.2. The summed E-state index contributed by atoms with van der Waals surface area (Å²) >= 11 is 0. The maximum absolute atomic E-state index is 12.2. The zero-order valence-corrected chi connectivity index (χ0v) is 60.9. The van der Waals surface area contributed by atoms with Crippen molar-refractivity contribution in [2.75, 3.05) is 66.2 Å². The quantitative estimate of drug-likeness (QED) is 0.00799. The van der Waals surface area contributed by atoms with Gasteiger partial charge in [0, 0.05) is 28.4 Å². The number of isocyanates is 1. The van der Waals surface area contributed by atoms with E-state index in [1.165, 1.54) is 6.08 Å². The van der Waals surface area contributed by atoms with Crippen LogP contribution in [0.3, 0.4) is 0 Å². The van der Waals surface area contributed by atoms with Gasteiger partial charge in [0.15, 0.2) is 0 Å². The summed E-state index contributed by atoms with van der Waals surface area (Å²) in [6.07, 6.45) is 16.0. The zero-order valence-electron chi connectivity index (χ0n) is 60.9. The van der Waals surface area contributed by atoms with Gasteiger partial charge in [0.05, 0.1) is 44.2 Å². The predicted octanol–water partition coefficient (Wildman–Crippen LogP) is 21.2. The van der Waals surface area contributed by atoms with E-state index in [0.29, 0.717) is 67.0 Å². The molecule has 8 aromatic rings. The molecule has 20 heteroatoms. The number of carbonyl (C=O) groups excluding carboxylic acids is 7. The summed E-state index contributed by atoms with van der Waals surface area (Å²) in [6, 6.07) is 61.1. The first-order valence-electron chi connectivity index (χ1n) is 36.1. The standard InChI is InChI=1S/C34H29N3O5.C27H38N2O4.C24H32N2O4.CH4/c1-2-35-30-13-7-26(8-14-30)21-25-3-5-29(6-4-25)23-33(39)41-19-20-42-34(40)37-32-17-11-28(12-18-32)22-27-9-15-31(16-10-27)36-24-38;1-3-5-7-9-19-32-26(30)28-24-15-11-22(12-16-24)21-23-13-17-25(18-14-23)29-27(31)33-20-10-8-6-4-2;1-3-5-6-7-17-30-24(28)26-22-14-10-20(11-15-22)18-19-8-12-21(13-9-19)25-23(27)29-16-4-2;/h3-18H,1,19-23H2,(H,37,40);11-18H,3-10,19-21H2,1-2H3,(H,28,30)(H,29,31);8-15H,3-7,16-18H2,1-2H3,(H,25,27)(H,26,28);1H4. The maximum Gasteiger partial charge on any atom is 0.411 e. The number of benzene rings is 8. The number of rotatable bonds is 37. The third-order valence-corrected chi connectivity index (χ3v) is 16.0. The molecule has 106 heavy (non-hydrogen) atoms. The molecule has 5 amide bonds. The van der Waals surface area contributed by atoms with Gasteiger partial charge in [0.2, 0.25) is 6.08 Å². The largest absolute Gasteiger partial charge is 0.462 e. The summed E-state index contributed by atoms with van der Waals surface area (Å²) in [6.45, 7) is 13.5. The van der Waals surface area contributed by atoms with Crippen molar-refractivity contribution in [3.63, 3.8) is 0 Å². The number of nitrogens with zero attached hydrogens (tertiary/aromatic N) is 2. The summed E-state index contributed by atoms with van der Waals surface area (Å²) in [7, 11) is 0. The van der Waals surface area contributed by atoms with Crippen LogP contribution in [0.2, 0.25) is 0 Å². The van der Waals surface area contributed by atoms with Crippen LogP contribution < -0.4 is 26.6 Å². The minimum Gasteiger partial charge on any atom is -0.462 e. The Morgan fingerprint density at radius 3 is 0.821 bits per heavy atom. The minimum absolute atomic E-state index is 0. The Labute approximate surface area is 624 Å². The Morgan fingerprint density at radius 1 is 0.302 bits per heavy atom. The smallest absolute Gasteiger partial charge is 0.411 e.